The molecule has 0 spiro atoms. The van der Waals surface area contributed by atoms with Crippen molar-refractivity contribution in [3.8, 4) is 0 Å². The van der Waals surface area contributed by atoms with E-state index in [1.165, 1.54) is 0 Å². The van der Waals surface area contributed by atoms with Gasteiger partial charge in [-0.25, -0.2) is 0 Å². The zero-order chi connectivity index (χ0) is 14.4. The molecule has 110 valence electrons. The summed E-state index contributed by atoms with van der Waals surface area (Å²) in [5.74, 6) is -1.27. The van der Waals surface area contributed by atoms with Gasteiger partial charge in [-0.1, -0.05) is 24.3 Å². The van der Waals surface area contributed by atoms with Gasteiger partial charge in [-0.05, 0) is 18.1 Å². The van der Waals surface area contributed by atoms with Crippen LogP contribution >= 0.6 is 0 Å². The molecule has 0 amide bonds. The third kappa shape index (κ3) is 4.30. The summed E-state index contributed by atoms with van der Waals surface area (Å²) < 4.78 is 10.9. The minimum atomic E-state index is -0.801. The summed E-state index contributed by atoms with van der Waals surface area (Å²) in [7, 11) is 0. The Bertz CT molecular complexity index is 426. The van der Waals surface area contributed by atoms with Crippen LogP contribution < -0.4 is 5.32 Å². The van der Waals surface area contributed by atoms with Crippen LogP contribution in [-0.4, -0.2) is 43.5 Å². The number of nitrogens with one attached hydrogen (secondary N) is 1. The standard InChI is InChI=1S/C15H21NO4/c1-11(15(17)18)13-4-2-12(3-5-13)8-16-9-14-10-19-6-7-20-14/h2-5,11,14,16H,6-10H2,1H3,(H,17,18). The van der Waals surface area contributed by atoms with Crippen LogP contribution in [0.2, 0.25) is 0 Å². The van der Waals surface area contributed by atoms with Gasteiger partial charge in [-0.2, -0.15) is 0 Å². The minimum absolute atomic E-state index is 0.120. The van der Waals surface area contributed by atoms with Crippen molar-refractivity contribution < 1.29 is 19.4 Å². The number of carboxylic acid groups (broad SMARTS) is 1. The zero-order valence-corrected chi connectivity index (χ0v) is 11.7. The van der Waals surface area contributed by atoms with E-state index in [0.717, 1.165) is 24.2 Å². The van der Waals surface area contributed by atoms with Crippen molar-refractivity contribution in [3.63, 3.8) is 0 Å². The summed E-state index contributed by atoms with van der Waals surface area (Å²) in [6.07, 6.45) is 0.120. The molecule has 1 saturated heterocycles. The molecule has 1 aliphatic rings. The molecule has 2 rings (SSSR count). The Labute approximate surface area is 118 Å². The summed E-state index contributed by atoms with van der Waals surface area (Å²) in [6.45, 7) is 5.17. The van der Waals surface area contributed by atoms with Crippen molar-refractivity contribution in [2.45, 2.75) is 25.5 Å². The normalized spacial score (nSPS) is 20.6. The maximum absolute atomic E-state index is 10.9. The lowest BCUT2D eigenvalue weighted by Gasteiger charge is -2.23. The third-order valence-corrected chi connectivity index (χ3v) is 3.44. The first-order valence-corrected chi connectivity index (χ1v) is 6.88. The lowest BCUT2D eigenvalue weighted by molar-refractivity contribution is -0.138. The van der Waals surface area contributed by atoms with Crippen LogP contribution in [0.25, 0.3) is 0 Å². The van der Waals surface area contributed by atoms with E-state index in [1.54, 1.807) is 6.92 Å². The van der Waals surface area contributed by atoms with Crippen LogP contribution in [0.15, 0.2) is 24.3 Å². The highest BCUT2D eigenvalue weighted by Gasteiger charge is 2.14. The molecule has 1 aromatic carbocycles. The van der Waals surface area contributed by atoms with Crippen LogP contribution in [0.1, 0.15) is 24.0 Å². The predicted octanol–water partition coefficient (Wildman–Crippen LogP) is 1.38. The number of ether oxygens (including phenoxy) is 2. The second-order valence-electron chi connectivity index (χ2n) is 5.00. The molecule has 0 aromatic heterocycles. The summed E-state index contributed by atoms with van der Waals surface area (Å²) in [6, 6.07) is 7.66. The van der Waals surface area contributed by atoms with Crippen molar-refractivity contribution >= 4 is 5.97 Å². The Morgan fingerprint density at radius 2 is 2.15 bits per heavy atom. The molecule has 0 aliphatic carbocycles. The number of rotatable bonds is 6. The van der Waals surface area contributed by atoms with E-state index in [1.807, 2.05) is 24.3 Å². The Morgan fingerprint density at radius 3 is 2.75 bits per heavy atom. The van der Waals surface area contributed by atoms with Gasteiger partial charge in [0.05, 0.1) is 31.8 Å². The first-order chi connectivity index (χ1) is 9.66. The number of hydrogen-bond acceptors (Lipinski definition) is 4. The number of benzene rings is 1. The highest BCUT2D eigenvalue weighted by atomic mass is 16.6. The Hall–Kier alpha value is -1.43. The number of carboxylic acids is 1. The van der Waals surface area contributed by atoms with Gasteiger partial charge >= 0.3 is 5.97 Å². The molecule has 1 heterocycles. The first-order valence-electron chi connectivity index (χ1n) is 6.88. The Kier molecular flexibility index (Phi) is 5.52. The molecular formula is C15H21NO4. The number of aliphatic carboxylic acids is 1. The van der Waals surface area contributed by atoms with Gasteiger partial charge in [-0.15, -0.1) is 0 Å². The lowest BCUT2D eigenvalue weighted by Crippen LogP contribution is -2.37. The SMILES string of the molecule is CC(C(=O)O)c1ccc(CNCC2COCCO2)cc1. The molecule has 2 unspecified atom stereocenters. The van der Waals surface area contributed by atoms with Crippen molar-refractivity contribution in [2.24, 2.45) is 0 Å². The van der Waals surface area contributed by atoms with Gasteiger partial charge in [0.25, 0.3) is 0 Å². The van der Waals surface area contributed by atoms with Gasteiger partial charge in [0.2, 0.25) is 0 Å². The summed E-state index contributed by atoms with van der Waals surface area (Å²) in [4.78, 5) is 10.9. The summed E-state index contributed by atoms with van der Waals surface area (Å²) in [5.41, 5.74) is 1.95. The third-order valence-electron chi connectivity index (χ3n) is 3.44. The van der Waals surface area contributed by atoms with Crippen molar-refractivity contribution in [1.29, 1.82) is 0 Å². The average Bonchev–Trinajstić information content (AvgIpc) is 2.48. The van der Waals surface area contributed by atoms with Crippen LogP contribution in [-0.2, 0) is 20.8 Å². The molecular weight excluding hydrogens is 258 g/mol. The van der Waals surface area contributed by atoms with Gasteiger partial charge in [0.1, 0.15) is 0 Å². The molecule has 1 fully saturated rings. The fourth-order valence-corrected chi connectivity index (χ4v) is 2.10. The van der Waals surface area contributed by atoms with E-state index in [4.69, 9.17) is 14.6 Å². The van der Waals surface area contributed by atoms with E-state index in [0.29, 0.717) is 19.8 Å². The number of carbonyl (C=O) groups is 1. The fourth-order valence-electron chi connectivity index (χ4n) is 2.10. The molecule has 0 bridgehead atoms. The maximum Gasteiger partial charge on any atom is 0.310 e. The predicted molar refractivity (Wildman–Crippen MR) is 74.8 cm³/mol. The molecule has 1 aromatic rings. The maximum atomic E-state index is 10.9. The van der Waals surface area contributed by atoms with Crippen LogP contribution in [0.5, 0.6) is 0 Å². The molecule has 2 atom stereocenters. The van der Waals surface area contributed by atoms with E-state index < -0.39 is 11.9 Å². The first kappa shape index (κ1) is 15.0. The second kappa shape index (κ2) is 7.38. The monoisotopic (exact) mass is 279 g/mol. The molecule has 5 nitrogen and oxygen atoms in total. The highest BCUT2D eigenvalue weighted by Crippen LogP contribution is 2.16. The van der Waals surface area contributed by atoms with Crippen LogP contribution in [0.3, 0.4) is 0 Å². The summed E-state index contributed by atoms with van der Waals surface area (Å²) in [5, 5.41) is 12.3. The van der Waals surface area contributed by atoms with Gasteiger partial charge in [0.15, 0.2) is 0 Å². The lowest BCUT2D eigenvalue weighted by atomic mass is 10.00. The topological polar surface area (TPSA) is 67.8 Å². The van der Waals surface area contributed by atoms with Crippen LogP contribution in [0.4, 0.5) is 0 Å². The molecule has 20 heavy (non-hydrogen) atoms. The van der Waals surface area contributed by atoms with Crippen molar-refractivity contribution in [2.75, 3.05) is 26.4 Å². The largest absolute Gasteiger partial charge is 0.481 e. The Morgan fingerprint density at radius 1 is 1.40 bits per heavy atom. The zero-order valence-electron chi connectivity index (χ0n) is 11.7. The Balaban J connectivity index is 1.77. The van der Waals surface area contributed by atoms with E-state index in [9.17, 15) is 4.79 Å². The molecule has 2 N–H and O–H groups in total. The second-order valence-corrected chi connectivity index (χ2v) is 5.00. The highest BCUT2D eigenvalue weighted by molar-refractivity contribution is 5.75. The minimum Gasteiger partial charge on any atom is -0.481 e. The van der Waals surface area contributed by atoms with Crippen molar-refractivity contribution in [3.05, 3.63) is 35.4 Å². The number of hydrogen-bond donors (Lipinski definition) is 2. The average molecular weight is 279 g/mol. The molecule has 5 heteroatoms. The van der Waals surface area contributed by atoms with E-state index in [2.05, 4.69) is 5.32 Å². The summed E-state index contributed by atoms with van der Waals surface area (Å²) >= 11 is 0. The molecule has 0 saturated carbocycles. The van der Waals surface area contributed by atoms with Crippen LogP contribution in [0, 0.1) is 0 Å². The molecule has 0 radical (unpaired) electrons. The fraction of sp³-hybridized carbons (Fsp3) is 0.533. The van der Waals surface area contributed by atoms with Gasteiger partial charge in [0, 0.05) is 13.1 Å². The smallest absolute Gasteiger partial charge is 0.310 e. The van der Waals surface area contributed by atoms with E-state index in [-0.39, 0.29) is 6.10 Å². The van der Waals surface area contributed by atoms with Crippen molar-refractivity contribution in [1.82, 2.24) is 5.32 Å². The van der Waals surface area contributed by atoms with Gasteiger partial charge < -0.3 is 19.9 Å². The van der Waals surface area contributed by atoms with E-state index >= 15 is 0 Å². The quantitative estimate of drug-likeness (QED) is 0.823. The molecule has 1 aliphatic heterocycles. The van der Waals surface area contributed by atoms with Gasteiger partial charge in [-0.3, -0.25) is 4.79 Å².